The number of sulfonamides is 1. The van der Waals surface area contributed by atoms with E-state index in [9.17, 15) is 31.5 Å². The van der Waals surface area contributed by atoms with Crippen LogP contribution in [0.3, 0.4) is 0 Å². The van der Waals surface area contributed by atoms with Crippen molar-refractivity contribution in [3.8, 4) is 22.6 Å². The van der Waals surface area contributed by atoms with Crippen LogP contribution in [-0.4, -0.2) is 38.8 Å². The maximum absolute atomic E-state index is 14.3. The summed E-state index contributed by atoms with van der Waals surface area (Å²) < 4.78 is 79.4. The fourth-order valence-electron chi connectivity index (χ4n) is 5.57. The van der Waals surface area contributed by atoms with Crippen LogP contribution in [-0.2, 0) is 14.8 Å². The van der Waals surface area contributed by atoms with Crippen LogP contribution in [0, 0.1) is 24.1 Å². The number of nitrogens with zero attached hydrogens (tertiary/aromatic N) is 1. The summed E-state index contributed by atoms with van der Waals surface area (Å²) in [6.07, 6.45) is 0.895. The second-order valence-electron chi connectivity index (χ2n) is 10.7. The Balaban J connectivity index is 1.52. The molecular formula is C29H28F3NO6S. The summed E-state index contributed by atoms with van der Waals surface area (Å²) in [5.41, 5.74) is 0.779. The molecule has 0 aromatic heterocycles. The van der Waals surface area contributed by atoms with Gasteiger partial charge in [-0.2, -0.15) is 8.78 Å². The Bertz CT molecular complexity index is 1560. The molecule has 1 N–H and O–H groups in total. The summed E-state index contributed by atoms with van der Waals surface area (Å²) in [5.74, 6) is -1.65. The molecule has 1 heterocycles. The summed E-state index contributed by atoms with van der Waals surface area (Å²) in [7, 11) is -4.06. The van der Waals surface area contributed by atoms with Gasteiger partial charge in [-0.3, -0.25) is 9.10 Å². The molecule has 0 unspecified atom stereocenters. The predicted octanol–water partition coefficient (Wildman–Crippen LogP) is 6.25. The fourth-order valence-corrected chi connectivity index (χ4v) is 7.18. The van der Waals surface area contributed by atoms with Gasteiger partial charge in [-0.1, -0.05) is 18.2 Å². The predicted molar refractivity (Wildman–Crippen MR) is 142 cm³/mol. The lowest BCUT2D eigenvalue weighted by Crippen LogP contribution is -2.47. The molecular weight excluding hydrogens is 547 g/mol. The standard InChI is InChI=1S/C29H28F3NO6S/c1-17-4-3-5-24(8-17)40(36,37)33-16-23(9-18-14-29(2,15-18)27(34)35)38-26-7-6-19(12-25(26)33)20-10-21(30)13-22(11-20)39-28(31)32/h3-8,10-13,18,23,28H,9,14-16H2,1-2H3,(H,34,35)/t18?,23-,29?/m0/s1. The van der Waals surface area contributed by atoms with E-state index in [0.717, 1.165) is 17.7 Å². The van der Waals surface area contributed by atoms with E-state index in [4.69, 9.17) is 4.74 Å². The summed E-state index contributed by atoms with van der Waals surface area (Å²) in [5, 5.41) is 9.45. The van der Waals surface area contributed by atoms with Gasteiger partial charge in [0.05, 0.1) is 22.5 Å². The Hall–Kier alpha value is -3.73. The van der Waals surface area contributed by atoms with E-state index in [-0.39, 0.29) is 40.1 Å². The van der Waals surface area contributed by atoms with E-state index in [2.05, 4.69) is 4.74 Å². The minimum atomic E-state index is -4.06. The zero-order valence-electron chi connectivity index (χ0n) is 21.8. The summed E-state index contributed by atoms with van der Waals surface area (Å²) in [4.78, 5) is 11.6. The smallest absolute Gasteiger partial charge is 0.387 e. The van der Waals surface area contributed by atoms with Crippen molar-refractivity contribution >= 4 is 21.7 Å². The van der Waals surface area contributed by atoms with Crippen LogP contribution in [0.15, 0.2) is 65.6 Å². The Morgan fingerprint density at radius 2 is 1.88 bits per heavy atom. The summed E-state index contributed by atoms with van der Waals surface area (Å²) in [6, 6.07) is 14.4. The Morgan fingerprint density at radius 1 is 1.12 bits per heavy atom. The maximum atomic E-state index is 14.3. The van der Waals surface area contributed by atoms with Gasteiger partial charge in [0, 0.05) is 6.07 Å². The van der Waals surface area contributed by atoms with Gasteiger partial charge in [0.2, 0.25) is 0 Å². The van der Waals surface area contributed by atoms with Gasteiger partial charge in [0.25, 0.3) is 10.0 Å². The highest BCUT2D eigenvalue weighted by molar-refractivity contribution is 7.92. The van der Waals surface area contributed by atoms with Crippen LogP contribution in [0.1, 0.15) is 31.7 Å². The van der Waals surface area contributed by atoms with Crippen molar-refractivity contribution in [2.75, 3.05) is 10.8 Å². The van der Waals surface area contributed by atoms with Gasteiger partial charge in [0.1, 0.15) is 23.4 Å². The molecule has 212 valence electrons. The van der Waals surface area contributed by atoms with Crippen molar-refractivity contribution < 1.29 is 41.0 Å². The first-order valence-electron chi connectivity index (χ1n) is 12.7. The average Bonchev–Trinajstić information content (AvgIpc) is 2.86. The average molecular weight is 576 g/mol. The fraction of sp³-hybridized carbons (Fsp3) is 0.345. The molecule has 1 fully saturated rings. The van der Waals surface area contributed by atoms with E-state index in [0.29, 0.717) is 24.8 Å². The number of carbonyl (C=O) groups is 1. The number of fused-ring (bicyclic) bond motifs is 1. The molecule has 0 bridgehead atoms. The minimum Gasteiger partial charge on any atom is -0.486 e. The molecule has 1 aliphatic heterocycles. The number of rotatable bonds is 8. The lowest BCUT2D eigenvalue weighted by atomic mass is 9.61. The van der Waals surface area contributed by atoms with Crippen LogP contribution < -0.4 is 13.8 Å². The lowest BCUT2D eigenvalue weighted by Gasteiger charge is -2.44. The molecule has 40 heavy (non-hydrogen) atoms. The van der Waals surface area contributed by atoms with Crippen molar-refractivity contribution in [3.05, 3.63) is 72.0 Å². The quantitative estimate of drug-likeness (QED) is 0.341. The Morgan fingerprint density at radius 3 is 2.55 bits per heavy atom. The molecule has 5 rings (SSSR count). The third-order valence-corrected chi connectivity index (χ3v) is 9.26. The zero-order chi connectivity index (χ0) is 28.8. The summed E-state index contributed by atoms with van der Waals surface area (Å²) >= 11 is 0. The number of halogens is 3. The van der Waals surface area contributed by atoms with Crippen molar-refractivity contribution in [2.24, 2.45) is 11.3 Å². The lowest BCUT2D eigenvalue weighted by molar-refractivity contribution is -0.157. The second kappa shape index (κ2) is 10.3. The monoisotopic (exact) mass is 575 g/mol. The van der Waals surface area contributed by atoms with Gasteiger partial charge in [0.15, 0.2) is 0 Å². The van der Waals surface area contributed by atoms with Crippen molar-refractivity contribution in [2.45, 2.75) is 50.7 Å². The third-order valence-electron chi connectivity index (χ3n) is 7.49. The molecule has 7 nitrogen and oxygen atoms in total. The highest BCUT2D eigenvalue weighted by Gasteiger charge is 2.48. The number of hydrogen-bond donors (Lipinski definition) is 1. The number of aliphatic carboxylic acids is 1. The number of ether oxygens (including phenoxy) is 2. The number of hydrogen-bond acceptors (Lipinski definition) is 5. The minimum absolute atomic E-state index is 0.0179. The molecule has 1 aliphatic carbocycles. The van der Waals surface area contributed by atoms with Gasteiger partial charge >= 0.3 is 12.6 Å². The molecule has 3 aromatic rings. The van der Waals surface area contributed by atoms with Crippen LogP contribution >= 0.6 is 0 Å². The SMILES string of the molecule is Cc1cccc(S(=O)(=O)N2C[C@H](CC3CC(C)(C(=O)O)C3)Oc3ccc(-c4cc(F)cc(OC(F)F)c4)cc32)c1. The molecule has 0 saturated heterocycles. The van der Waals surface area contributed by atoms with E-state index < -0.39 is 39.9 Å². The number of alkyl halides is 2. The van der Waals surface area contributed by atoms with Crippen LogP contribution in [0.25, 0.3) is 11.1 Å². The molecule has 0 amide bonds. The van der Waals surface area contributed by atoms with Gasteiger partial charge in [-0.15, -0.1) is 0 Å². The van der Waals surface area contributed by atoms with E-state index in [1.165, 1.54) is 22.5 Å². The molecule has 1 saturated carbocycles. The molecule has 0 spiro atoms. The number of carboxylic acids is 1. The second-order valence-corrected chi connectivity index (χ2v) is 12.6. The van der Waals surface area contributed by atoms with Crippen LogP contribution in [0.2, 0.25) is 0 Å². The topological polar surface area (TPSA) is 93.1 Å². The Labute approximate surface area is 230 Å². The van der Waals surface area contributed by atoms with Crippen molar-refractivity contribution in [3.63, 3.8) is 0 Å². The third kappa shape index (κ3) is 5.47. The zero-order valence-corrected chi connectivity index (χ0v) is 22.6. The molecule has 0 radical (unpaired) electrons. The first-order chi connectivity index (χ1) is 18.8. The highest BCUT2D eigenvalue weighted by Crippen LogP contribution is 2.49. The maximum Gasteiger partial charge on any atom is 0.387 e. The largest absolute Gasteiger partial charge is 0.486 e. The summed E-state index contributed by atoms with van der Waals surface area (Å²) in [6.45, 7) is 0.327. The van der Waals surface area contributed by atoms with Gasteiger partial charge < -0.3 is 14.6 Å². The van der Waals surface area contributed by atoms with Crippen LogP contribution in [0.5, 0.6) is 11.5 Å². The molecule has 11 heteroatoms. The van der Waals surface area contributed by atoms with E-state index >= 15 is 0 Å². The molecule has 1 atom stereocenters. The Kier molecular flexibility index (Phi) is 7.20. The van der Waals surface area contributed by atoms with Crippen LogP contribution in [0.4, 0.5) is 18.9 Å². The number of anilines is 1. The van der Waals surface area contributed by atoms with E-state index in [1.54, 1.807) is 44.2 Å². The first kappa shape index (κ1) is 27.8. The highest BCUT2D eigenvalue weighted by atomic mass is 32.2. The number of benzene rings is 3. The number of carboxylic acid groups (broad SMARTS) is 1. The first-order valence-corrected chi connectivity index (χ1v) is 14.2. The molecule has 2 aliphatic rings. The normalized spacial score (nSPS) is 22.3. The number of aryl methyl sites for hydroxylation is 1. The van der Waals surface area contributed by atoms with Crippen molar-refractivity contribution in [1.82, 2.24) is 0 Å². The molecule has 3 aromatic carbocycles. The van der Waals surface area contributed by atoms with Gasteiger partial charge in [-0.25, -0.2) is 12.8 Å². The van der Waals surface area contributed by atoms with E-state index in [1.807, 2.05) is 0 Å². The van der Waals surface area contributed by atoms with Crippen molar-refractivity contribution in [1.29, 1.82) is 0 Å². The van der Waals surface area contributed by atoms with Gasteiger partial charge in [-0.05, 0) is 92.1 Å².